The molecule has 27 heavy (non-hydrogen) atoms. The van der Waals surface area contributed by atoms with Crippen LogP contribution in [-0.2, 0) is 11.3 Å². The van der Waals surface area contributed by atoms with Gasteiger partial charge in [0, 0.05) is 18.9 Å². The predicted octanol–water partition coefficient (Wildman–Crippen LogP) is 2.66. The van der Waals surface area contributed by atoms with Crippen molar-refractivity contribution in [2.24, 2.45) is 0 Å². The second kappa shape index (κ2) is 7.67. The summed E-state index contributed by atoms with van der Waals surface area (Å²) in [7, 11) is 0. The standard InChI is InChI=1S/C18H16N4O4S/c1-11(27-18-22-21-17(26-18)13-3-2-6-19-9-13)16(23)20-8-12-4-5-14-15(7-12)25-10-24-14/h2-7,9,11H,8,10H2,1H3,(H,20,23)/t11-/m1/s1. The zero-order valence-corrected chi connectivity index (χ0v) is 15.2. The van der Waals surface area contributed by atoms with Gasteiger partial charge in [-0.05, 0) is 36.8 Å². The maximum atomic E-state index is 12.3. The van der Waals surface area contributed by atoms with Crippen molar-refractivity contribution < 1.29 is 18.7 Å². The number of amides is 1. The molecule has 0 saturated carbocycles. The van der Waals surface area contributed by atoms with Gasteiger partial charge in [-0.2, -0.15) is 0 Å². The van der Waals surface area contributed by atoms with Crippen LogP contribution < -0.4 is 14.8 Å². The Morgan fingerprint density at radius 2 is 2.15 bits per heavy atom. The molecular weight excluding hydrogens is 368 g/mol. The van der Waals surface area contributed by atoms with Gasteiger partial charge in [-0.3, -0.25) is 9.78 Å². The van der Waals surface area contributed by atoms with Gasteiger partial charge in [0.2, 0.25) is 18.6 Å². The lowest BCUT2D eigenvalue weighted by molar-refractivity contribution is -0.120. The van der Waals surface area contributed by atoms with E-state index in [1.54, 1.807) is 25.4 Å². The molecule has 0 saturated heterocycles. The molecule has 0 radical (unpaired) electrons. The van der Waals surface area contributed by atoms with E-state index < -0.39 is 0 Å². The lowest BCUT2D eigenvalue weighted by Gasteiger charge is -2.10. The van der Waals surface area contributed by atoms with Crippen LogP contribution >= 0.6 is 11.8 Å². The summed E-state index contributed by atoms with van der Waals surface area (Å²) in [4.78, 5) is 16.4. The Morgan fingerprint density at radius 3 is 3.00 bits per heavy atom. The van der Waals surface area contributed by atoms with E-state index in [0.717, 1.165) is 16.9 Å². The normalized spacial score (nSPS) is 13.4. The van der Waals surface area contributed by atoms with E-state index in [4.69, 9.17) is 13.9 Å². The minimum Gasteiger partial charge on any atom is -0.454 e. The molecule has 1 aromatic carbocycles. The molecule has 0 aliphatic carbocycles. The number of benzene rings is 1. The summed E-state index contributed by atoms with van der Waals surface area (Å²) in [6.07, 6.45) is 3.31. The number of rotatable bonds is 6. The molecule has 0 unspecified atom stereocenters. The highest BCUT2D eigenvalue weighted by atomic mass is 32.2. The minimum atomic E-state index is -0.388. The Balaban J connectivity index is 1.32. The first kappa shape index (κ1) is 17.3. The second-order valence-corrected chi connectivity index (χ2v) is 7.07. The molecule has 9 heteroatoms. The minimum absolute atomic E-state index is 0.126. The number of ether oxygens (including phenoxy) is 2. The molecule has 0 fully saturated rings. The molecule has 138 valence electrons. The maximum Gasteiger partial charge on any atom is 0.277 e. The molecule has 1 aliphatic heterocycles. The van der Waals surface area contributed by atoms with Crippen molar-refractivity contribution in [2.75, 3.05) is 6.79 Å². The average molecular weight is 384 g/mol. The van der Waals surface area contributed by atoms with Gasteiger partial charge in [0.15, 0.2) is 11.5 Å². The number of hydrogen-bond donors (Lipinski definition) is 1. The van der Waals surface area contributed by atoms with E-state index in [1.165, 1.54) is 11.8 Å². The van der Waals surface area contributed by atoms with E-state index in [0.29, 0.717) is 23.4 Å². The Labute approximate surface area is 159 Å². The van der Waals surface area contributed by atoms with E-state index in [2.05, 4.69) is 20.5 Å². The van der Waals surface area contributed by atoms with Crippen LogP contribution in [-0.4, -0.2) is 33.1 Å². The third-order valence-corrected chi connectivity index (χ3v) is 4.80. The first-order valence-corrected chi connectivity index (χ1v) is 9.14. The quantitative estimate of drug-likeness (QED) is 0.648. The van der Waals surface area contributed by atoms with Crippen LogP contribution in [0, 0.1) is 0 Å². The van der Waals surface area contributed by atoms with Crippen molar-refractivity contribution >= 4 is 17.7 Å². The van der Waals surface area contributed by atoms with Gasteiger partial charge in [-0.15, -0.1) is 10.2 Å². The average Bonchev–Trinajstić information content (AvgIpc) is 3.35. The summed E-state index contributed by atoms with van der Waals surface area (Å²) in [5.41, 5.74) is 1.67. The second-order valence-electron chi connectivity index (χ2n) is 5.78. The van der Waals surface area contributed by atoms with Crippen molar-refractivity contribution in [1.82, 2.24) is 20.5 Å². The number of aromatic nitrogens is 3. The largest absolute Gasteiger partial charge is 0.454 e. The monoisotopic (exact) mass is 384 g/mol. The molecule has 3 heterocycles. The van der Waals surface area contributed by atoms with E-state index >= 15 is 0 Å². The molecule has 1 amide bonds. The number of nitrogens with zero attached hydrogens (tertiary/aromatic N) is 3. The van der Waals surface area contributed by atoms with Crippen LogP contribution in [0.1, 0.15) is 12.5 Å². The van der Waals surface area contributed by atoms with Crippen molar-refractivity contribution in [1.29, 1.82) is 0 Å². The molecule has 1 aliphatic rings. The van der Waals surface area contributed by atoms with Crippen molar-refractivity contribution in [3.8, 4) is 23.0 Å². The van der Waals surface area contributed by atoms with Gasteiger partial charge in [0.1, 0.15) is 0 Å². The zero-order chi connectivity index (χ0) is 18.6. The third-order valence-electron chi connectivity index (χ3n) is 3.87. The van der Waals surface area contributed by atoms with Crippen LogP contribution in [0.25, 0.3) is 11.5 Å². The highest BCUT2D eigenvalue weighted by Crippen LogP contribution is 2.32. The molecule has 8 nitrogen and oxygen atoms in total. The number of nitrogens with one attached hydrogen (secondary N) is 1. The van der Waals surface area contributed by atoms with E-state index in [-0.39, 0.29) is 18.0 Å². The molecule has 0 bridgehead atoms. The first-order chi connectivity index (χ1) is 13.2. The number of thioether (sulfide) groups is 1. The molecule has 2 aromatic heterocycles. The van der Waals surface area contributed by atoms with Gasteiger partial charge < -0.3 is 19.2 Å². The first-order valence-electron chi connectivity index (χ1n) is 8.26. The van der Waals surface area contributed by atoms with Gasteiger partial charge in [0.25, 0.3) is 5.22 Å². The van der Waals surface area contributed by atoms with E-state index in [9.17, 15) is 4.79 Å². The highest BCUT2D eigenvalue weighted by molar-refractivity contribution is 8.00. The number of carbonyl (C=O) groups is 1. The lowest BCUT2D eigenvalue weighted by atomic mass is 10.2. The Hall–Kier alpha value is -3.07. The van der Waals surface area contributed by atoms with Crippen LogP contribution in [0.15, 0.2) is 52.4 Å². The number of carbonyl (C=O) groups excluding carboxylic acids is 1. The van der Waals surface area contributed by atoms with E-state index in [1.807, 2.05) is 24.3 Å². The van der Waals surface area contributed by atoms with Crippen LogP contribution in [0.5, 0.6) is 11.5 Å². The van der Waals surface area contributed by atoms with Crippen LogP contribution in [0.3, 0.4) is 0 Å². The molecule has 0 spiro atoms. The van der Waals surface area contributed by atoms with Crippen LogP contribution in [0.4, 0.5) is 0 Å². The summed E-state index contributed by atoms with van der Waals surface area (Å²) in [6.45, 7) is 2.41. The van der Waals surface area contributed by atoms with Crippen molar-refractivity contribution in [3.05, 3.63) is 48.3 Å². The van der Waals surface area contributed by atoms with Crippen molar-refractivity contribution in [2.45, 2.75) is 23.9 Å². The Bertz CT molecular complexity index is 948. The molecule has 1 atom stereocenters. The Kier molecular flexibility index (Phi) is 4.93. The lowest BCUT2D eigenvalue weighted by Crippen LogP contribution is -2.30. The van der Waals surface area contributed by atoms with Gasteiger partial charge >= 0.3 is 0 Å². The number of fused-ring (bicyclic) bond motifs is 1. The number of hydrogen-bond acceptors (Lipinski definition) is 8. The summed E-state index contributed by atoms with van der Waals surface area (Å²) >= 11 is 1.21. The molecule has 4 rings (SSSR count). The fraction of sp³-hybridized carbons (Fsp3) is 0.222. The molecule has 1 N–H and O–H groups in total. The summed E-state index contributed by atoms with van der Waals surface area (Å²) in [5, 5.41) is 10.8. The molecule has 3 aromatic rings. The highest BCUT2D eigenvalue weighted by Gasteiger charge is 2.19. The van der Waals surface area contributed by atoms with Gasteiger partial charge in [0.05, 0.1) is 10.8 Å². The zero-order valence-electron chi connectivity index (χ0n) is 14.4. The topological polar surface area (TPSA) is 99.4 Å². The fourth-order valence-electron chi connectivity index (χ4n) is 2.45. The van der Waals surface area contributed by atoms with Crippen LogP contribution in [0.2, 0.25) is 0 Å². The predicted molar refractivity (Wildman–Crippen MR) is 97.3 cm³/mol. The molecular formula is C18H16N4O4S. The SMILES string of the molecule is C[C@@H](Sc1nnc(-c2cccnc2)o1)C(=O)NCc1ccc2c(c1)OCO2. The van der Waals surface area contributed by atoms with Gasteiger partial charge in [-0.25, -0.2) is 0 Å². The maximum absolute atomic E-state index is 12.3. The summed E-state index contributed by atoms with van der Waals surface area (Å²) in [6, 6.07) is 9.21. The Morgan fingerprint density at radius 1 is 1.26 bits per heavy atom. The summed E-state index contributed by atoms with van der Waals surface area (Å²) in [5.74, 6) is 1.66. The third kappa shape index (κ3) is 4.03. The van der Waals surface area contributed by atoms with Crippen molar-refractivity contribution in [3.63, 3.8) is 0 Å². The number of pyridine rings is 1. The smallest absolute Gasteiger partial charge is 0.277 e. The van der Waals surface area contributed by atoms with Gasteiger partial charge in [-0.1, -0.05) is 17.8 Å². The fourth-order valence-corrected chi connectivity index (χ4v) is 3.16. The summed E-state index contributed by atoms with van der Waals surface area (Å²) < 4.78 is 16.2.